The number of benzene rings is 3. The minimum Gasteiger partial charge on any atom is -0.469 e. The molecule has 2 N–H and O–H groups in total. The van der Waals surface area contributed by atoms with E-state index in [9.17, 15) is 14.4 Å². The maximum atomic E-state index is 12.4. The summed E-state index contributed by atoms with van der Waals surface area (Å²) in [6.45, 7) is 0.262. The molecule has 6 heteroatoms. The number of nitrogens with one attached hydrogen (secondary N) is 2. The van der Waals surface area contributed by atoms with Crippen molar-refractivity contribution in [3.05, 3.63) is 90.0 Å². The summed E-state index contributed by atoms with van der Waals surface area (Å²) in [7, 11) is 1.44. The Morgan fingerprint density at radius 3 is 2.11 bits per heavy atom. The van der Waals surface area contributed by atoms with Crippen molar-refractivity contribution in [2.24, 2.45) is 5.92 Å². The highest BCUT2D eigenvalue weighted by atomic mass is 16.5. The first kappa shape index (κ1) is 26.1. The van der Waals surface area contributed by atoms with Gasteiger partial charge in [-0.2, -0.15) is 0 Å². The lowest BCUT2D eigenvalue weighted by Crippen LogP contribution is -2.27. The third kappa shape index (κ3) is 7.53. The highest BCUT2D eigenvalue weighted by Gasteiger charge is 2.24. The van der Waals surface area contributed by atoms with Crippen molar-refractivity contribution in [2.45, 2.75) is 44.4 Å². The predicted octanol–water partition coefficient (Wildman–Crippen LogP) is 5.95. The third-order valence-electron chi connectivity index (χ3n) is 7.09. The van der Waals surface area contributed by atoms with Gasteiger partial charge in [0.1, 0.15) is 0 Å². The Labute approximate surface area is 218 Å². The van der Waals surface area contributed by atoms with Gasteiger partial charge < -0.3 is 15.4 Å². The molecular weight excluding hydrogens is 464 g/mol. The van der Waals surface area contributed by atoms with E-state index in [1.54, 1.807) is 12.1 Å². The summed E-state index contributed by atoms with van der Waals surface area (Å²) in [5, 5.41) is 5.72. The second-order valence-electron chi connectivity index (χ2n) is 9.62. The number of esters is 1. The largest absolute Gasteiger partial charge is 0.469 e. The number of hydrogen-bond donors (Lipinski definition) is 2. The van der Waals surface area contributed by atoms with Crippen LogP contribution < -0.4 is 10.6 Å². The summed E-state index contributed by atoms with van der Waals surface area (Å²) < 4.78 is 4.79. The van der Waals surface area contributed by atoms with Gasteiger partial charge in [0.05, 0.1) is 7.11 Å². The van der Waals surface area contributed by atoms with Gasteiger partial charge in [-0.15, -0.1) is 0 Å². The topological polar surface area (TPSA) is 84.5 Å². The molecule has 1 saturated carbocycles. The Bertz CT molecular complexity index is 1180. The first-order valence-electron chi connectivity index (χ1n) is 12.9. The fraction of sp³-hybridized carbons (Fsp3) is 0.323. The van der Waals surface area contributed by atoms with E-state index in [4.69, 9.17) is 4.74 Å². The normalized spacial score (nSPS) is 17.0. The Hall–Kier alpha value is -3.93. The van der Waals surface area contributed by atoms with Gasteiger partial charge in [-0.3, -0.25) is 14.4 Å². The number of amides is 2. The summed E-state index contributed by atoms with van der Waals surface area (Å²) >= 11 is 0. The van der Waals surface area contributed by atoms with Gasteiger partial charge in [-0.1, -0.05) is 54.6 Å². The molecule has 6 nitrogen and oxygen atoms in total. The summed E-state index contributed by atoms with van der Waals surface area (Å²) in [6, 6.07) is 25.4. The number of ether oxygens (including phenoxy) is 1. The Balaban J connectivity index is 1.18. The lowest BCUT2D eigenvalue weighted by Gasteiger charge is -2.28. The zero-order valence-corrected chi connectivity index (χ0v) is 21.2. The van der Waals surface area contributed by atoms with Gasteiger partial charge in [-0.25, -0.2) is 0 Å². The lowest BCUT2D eigenvalue weighted by atomic mass is 9.77. The molecule has 0 saturated heterocycles. The average Bonchev–Trinajstić information content (AvgIpc) is 2.94. The maximum Gasteiger partial charge on any atom is 0.305 e. The Morgan fingerprint density at radius 2 is 1.46 bits per heavy atom. The van der Waals surface area contributed by atoms with Gasteiger partial charge in [0.2, 0.25) is 5.91 Å². The van der Waals surface area contributed by atoms with Crippen LogP contribution in [0.3, 0.4) is 0 Å². The molecule has 1 aliphatic rings. The minimum absolute atomic E-state index is 0.124. The van der Waals surface area contributed by atoms with Crippen LogP contribution in [0.5, 0.6) is 0 Å². The van der Waals surface area contributed by atoms with Crippen LogP contribution in [0, 0.1) is 5.92 Å². The van der Waals surface area contributed by atoms with Gasteiger partial charge in [0.15, 0.2) is 0 Å². The van der Waals surface area contributed by atoms with Gasteiger partial charge in [0.25, 0.3) is 5.91 Å². The number of carbonyl (C=O) groups is 3. The van der Waals surface area contributed by atoms with Crippen molar-refractivity contribution in [3.63, 3.8) is 0 Å². The number of anilines is 1. The van der Waals surface area contributed by atoms with Crippen molar-refractivity contribution in [1.82, 2.24) is 5.32 Å². The molecule has 0 bridgehead atoms. The van der Waals surface area contributed by atoms with Crippen LogP contribution in [0.4, 0.5) is 5.69 Å². The van der Waals surface area contributed by atoms with Crippen molar-refractivity contribution in [2.75, 3.05) is 19.0 Å². The molecule has 3 aromatic carbocycles. The molecule has 4 rings (SSSR count). The van der Waals surface area contributed by atoms with E-state index in [2.05, 4.69) is 22.8 Å². The number of carbonyl (C=O) groups excluding carboxylic acids is 3. The molecule has 2 amide bonds. The van der Waals surface area contributed by atoms with E-state index >= 15 is 0 Å². The van der Waals surface area contributed by atoms with E-state index in [1.165, 1.54) is 12.7 Å². The molecule has 37 heavy (non-hydrogen) atoms. The molecule has 0 radical (unpaired) electrons. The quantitative estimate of drug-likeness (QED) is 0.357. The van der Waals surface area contributed by atoms with Crippen LogP contribution in [-0.4, -0.2) is 31.4 Å². The molecule has 0 aromatic heterocycles. The summed E-state index contributed by atoms with van der Waals surface area (Å²) in [4.78, 5) is 36.3. The van der Waals surface area contributed by atoms with Crippen LogP contribution in [0.25, 0.3) is 11.1 Å². The van der Waals surface area contributed by atoms with E-state index in [0.29, 0.717) is 23.8 Å². The second kappa shape index (κ2) is 12.9. The molecule has 0 atom stereocenters. The fourth-order valence-corrected chi connectivity index (χ4v) is 4.92. The fourth-order valence-electron chi connectivity index (χ4n) is 4.92. The third-order valence-corrected chi connectivity index (χ3v) is 7.09. The SMILES string of the molecule is COC(=O)C[C@H]1CC[C@H](c2ccc(NC(=O)CCNC(=O)c3ccc(-c4ccccc4)cc3)cc2)CC1. The molecule has 0 spiro atoms. The first-order valence-corrected chi connectivity index (χ1v) is 12.9. The standard InChI is InChI=1S/C31H34N2O4/c1-37-30(35)21-22-7-9-24(10-8-22)26-15-17-28(18-16-26)33-29(34)19-20-32-31(36)27-13-11-25(12-14-27)23-5-3-2-4-6-23/h2-6,11-18,22,24H,7-10,19-21H2,1H3,(H,32,36)(H,33,34)/t22-,24-. The minimum atomic E-state index is -0.196. The smallest absolute Gasteiger partial charge is 0.305 e. The molecule has 1 aliphatic carbocycles. The van der Waals surface area contributed by atoms with Crippen molar-refractivity contribution in [1.29, 1.82) is 0 Å². The van der Waals surface area contributed by atoms with Crippen molar-refractivity contribution >= 4 is 23.5 Å². The highest BCUT2D eigenvalue weighted by molar-refractivity contribution is 5.95. The first-order chi connectivity index (χ1) is 18.0. The van der Waals surface area contributed by atoms with Crippen LogP contribution in [0.1, 0.15) is 60.4 Å². The maximum absolute atomic E-state index is 12.4. The summed E-state index contributed by atoms with van der Waals surface area (Å²) in [5.74, 6) is 0.432. The summed E-state index contributed by atoms with van der Waals surface area (Å²) in [6.07, 6.45) is 4.88. The average molecular weight is 499 g/mol. The van der Waals surface area contributed by atoms with Crippen LogP contribution >= 0.6 is 0 Å². The van der Waals surface area contributed by atoms with Gasteiger partial charge in [-0.05, 0) is 78.5 Å². The zero-order chi connectivity index (χ0) is 26.0. The van der Waals surface area contributed by atoms with E-state index in [0.717, 1.165) is 42.5 Å². The van der Waals surface area contributed by atoms with Crippen molar-refractivity contribution < 1.29 is 19.1 Å². The Morgan fingerprint density at radius 1 is 0.811 bits per heavy atom. The number of methoxy groups -OCH3 is 1. The van der Waals surface area contributed by atoms with E-state index in [-0.39, 0.29) is 30.7 Å². The molecular formula is C31H34N2O4. The highest BCUT2D eigenvalue weighted by Crippen LogP contribution is 2.37. The van der Waals surface area contributed by atoms with Crippen molar-refractivity contribution in [3.8, 4) is 11.1 Å². The molecule has 192 valence electrons. The van der Waals surface area contributed by atoms with Gasteiger partial charge >= 0.3 is 5.97 Å². The second-order valence-corrected chi connectivity index (χ2v) is 9.62. The Kier molecular flexibility index (Phi) is 9.08. The monoisotopic (exact) mass is 498 g/mol. The molecule has 0 unspecified atom stereocenters. The van der Waals surface area contributed by atoms with Crippen LogP contribution in [0.15, 0.2) is 78.9 Å². The number of hydrogen-bond acceptors (Lipinski definition) is 4. The number of rotatable bonds is 9. The zero-order valence-electron chi connectivity index (χ0n) is 21.2. The van der Waals surface area contributed by atoms with Crippen LogP contribution in [0.2, 0.25) is 0 Å². The predicted molar refractivity (Wildman–Crippen MR) is 145 cm³/mol. The molecule has 0 aliphatic heterocycles. The van der Waals surface area contributed by atoms with Gasteiger partial charge in [0, 0.05) is 30.6 Å². The molecule has 1 fully saturated rings. The lowest BCUT2D eigenvalue weighted by molar-refractivity contribution is -0.142. The van der Waals surface area contributed by atoms with E-state index < -0.39 is 0 Å². The summed E-state index contributed by atoms with van der Waals surface area (Å²) in [5.41, 5.74) is 4.72. The van der Waals surface area contributed by atoms with Crippen LogP contribution in [-0.2, 0) is 14.3 Å². The van der Waals surface area contributed by atoms with E-state index in [1.807, 2.05) is 54.6 Å². The molecule has 3 aromatic rings. The molecule has 0 heterocycles.